The number of hydrogen-bond acceptors (Lipinski definition) is 3. The fourth-order valence-corrected chi connectivity index (χ4v) is 2.55. The molecule has 1 saturated heterocycles. The van der Waals surface area contributed by atoms with E-state index in [9.17, 15) is 0 Å². The van der Waals surface area contributed by atoms with E-state index in [0.717, 1.165) is 25.3 Å². The lowest BCUT2D eigenvalue weighted by Gasteiger charge is -2.42. The van der Waals surface area contributed by atoms with E-state index >= 15 is 0 Å². The molecule has 1 unspecified atom stereocenters. The summed E-state index contributed by atoms with van der Waals surface area (Å²) in [6.07, 6.45) is 2.09. The molecule has 1 aromatic heterocycles. The van der Waals surface area contributed by atoms with E-state index in [4.69, 9.17) is 16.3 Å². The van der Waals surface area contributed by atoms with Gasteiger partial charge in [-0.15, -0.1) is 11.6 Å². The Hall–Kier alpha value is -0.580. The van der Waals surface area contributed by atoms with Crippen molar-refractivity contribution < 1.29 is 4.74 Å². The number of aromatic nitrogens is 2. The van der Waals surface area contributed by atoms with E-state index in [1.54, 1.807) is 0 Å². The fraction of sp³-hybridized carbons (Fsp3) is 0.750. The van der Waals surface area contributed by atoms with Gasteiger partial charge in [-0.1, -0.05) is 0 Å². The van der Waals surface area contributed by atoms with Gasteiger partial charge in [0.25, 0.3) is 0 Å². The lowest BCUT2D eigenvalue weighted by molar-refractivity contribution is -0.129. The second-order valence-electron chi connectivity index (χ2n) is 5.30. The first-order valence-electron chi connectivity index (χ1n) is 5.93. The summed E-state index contributed by atoms with van der Waals surface area (Å²) in [5.41, 5.74) is 0.963. The van der Waals surface area contributed by atoms with Crippen molar-refractivity contribution >= 4 is 11.6 Å². The van der Waals surface area contributed by atoms with E-state index in [1.807, 2.05) is 17.9 Å². The monoisotopic (exact) mass is 257 g/mol. The van der Waals surface area contributed by atoms with E-state index in [1.165, 1.54) is 0 Å². The third-order valence-corrected chi connectivity index (χ3v) is 3.22. The van der Waals surface area contributed by atoms with Gasteiger partial charge in [0.2, 0.25) is 0 Å². The molecule has 2 rings (SSSR count). The molecule has 1 atom stereocenters. The quantitative estimate of drug-likeness (QED) is 0.772. The normalized spacial score (nSPS) is 25.1. The Morgan fingerprint density at radius 3 is 2.94 bits per heavy atom. The van der Waals surface area contributed by atoms with Crippen molar-refractivity contribution in [2.24, 2.45) is 7.05 Å². The summed E-state index contributed by atoms with van der Waals surface area (Å²) < 4.78 is 7.73. The molecule has 0 amide bonds. The molecule has 1 aliphatic rings. The summed E-state index contributed by atoms with van der Waals surface area (Å²) in [6.45, 7) is 6.87. The second-order valence-corrected chi connectivity index (χ2v) is 5.61. The van der Waals surface area contributed by atoms with Gasteiger partial charge in [0.05, 0.1) is 17.4 Å². The predicted molar refractivity (Wildman–Crippen MR) is 68.2 cm³/mol. The third-order valence-electron chi connectivity index (χ3n) is 2.88. The maximum Gasteiger partial charge on any atom is 0.0845 e. The van der Waals surface area contributed by atoms with E-state index < -0.39 is 0 Å². The zero-order chi connectivity index (χ0) is 12.5. The van der Waals surface area contributed by atoms with Gasteiger partial charge in [-0.2, -0.15) is 5.10 Å². The van der Waals surface area contributed by atoms with Crippen molar-refractivity contribution in [1.29, 1.82) is 0 Å². The Morgan fingerprint density at radius 1 is 1.59 bits per heavy atom. The average Bonchev–Trinajstić information content (AvgIpc) is 2.61. The van der Waals surface area contributed by atoms with Gasteiger partial charge in [0.15, 0.2) is 0 Å². The Morgan fingerprint density at radius 2 is 2.35 bits per heavy atom. The van der Waals surface area contributed by atoms with Crippen LogP contribution >= 0.6 is 11.6 Å². The number of nitrogens with zero attached hydrogens (tertiary/aromatic N) is 3. The molecule has 0 aromatic carbocycles. The first-order chi connectivity index (χ1) is 7.98. The highest BCUT2D eigenvalue weighted by Crippen LogP contribution is 2.22. The summed E-state index contributed by atoms with van der Waals surface area (Å²) in [6, 6.07) is 2.05. The van der Waals surface area contributed by atoms with Crippen LogP contribution in [0, 0.1) is 0 Å². The van der Waals surface area contributed by atoms with Gasteiger partial charge in [-0.05, 0) is 19.9 Å². The smallest absolute Gasteiger partial charge is 0.0845 e. The minimum atomic E-state index is -0.132. The minimum absolute atomic E-state index is 0.115. The standard InChI is InChI=1S/C12H20ClN3O/c1-12(2)9-16(8-11(6-13)17-12)7-10-4-5-15(3)14-10/h4-5,11H,6-9H2,1-3H3. The first kappa shape index (κ1) is 12.9. The third kappa shape index (κ3) is 3.44. The van der Waals surface area contributed by atoms with Crippen molar-refractivity contribution in [3.8, 4) is 0 Å². The number of hydrogen-bond donors (Lipinski definition) is 0. The fourth-order valence-electron chi connectivity index (χ4n) is 2.39. The van der Waals surface area contributed by atoms with Crippen LogP contribution < -0.4 is 0 Å². The van der Waals surface area contributed by atoms with E-state index in [0.29, 0.717) is 5.88 Å². The Labute approximate surface area is 107 Å². The van der Waals surface area contributed by atoms with Gasteiger partial charge in [-0.3, -0.25) is 9.58 Å². The topological polar surface area (TPSA) is 30.3 Å². The molecule has 2 heterocycles. The van der Waals surface area contributed by atoms with Crippen LogP contribution in [0.15, 0.2) is 12.3 Å². The lowest BCUT2D eigenvalue weighted by atomic mass is 10.1. The molecule has 1 aliphatic heterocycles. The summed E-state index contributed by atoms with van der Waals surface area (Å²) in [5.74, 6) is 0.544. The molecular weight excluding hydrogens is 238 g/mol. The molecule has 0 saturated carbocycles. The Kier molecular flexibility index (Phi) is 3.76. The lowest BCUT2D eigenvalue weighted by Crippen LogP contribution is -2.52. The molecule has 0 bridgehead atoms. The molecule has 1 fully saturated rings. The van der Waals surface area contributed by atoms with Gasteiger partial charge in [-0.25, -0.2) is 0 Å². The number of aryl methyl sites for hydroxylation is 1. The molecule has 0 aliphatic carbocycles. The zero-order valence-electron chi connectivity index (χ0n) is 10.7. The number of morpholine rings is 1. The highest BCUT2D eigenvalue weighted by molar-refractivity contribution is 6.18. The molecule has 17 heavy (non-hydrogen) atoms. The molecule has 1 aromatic rings. The molecule has 5 heteroatoms. The van der Waals surface area contributed by atoms with Crippen LogP contribution in [0.1, 0.15) is 19.5 Å². The maximum absolute atomic E-state index is 5.91. The van der Waals surface area contributed by atoms with Crippen LogP contribution in [0.25, 0.3) is 0 Å². The molecule has 96 valence electrons. The second kappa shape index (κ2) is 4.96. The summed E-state index contributed by atoms with van der Waals surface area (Å²) in [4.78, 5) is 2.36. The first-order valence-corrected chi connectivity index (χ1v) is 6.46. The molecule has 0 radical (unpaired) electrons. The van der Waals surface area contributed by atoms with Crippen LogP contribution in [0.2, 0.25) is 0 Å². The van der Waals surface area contributed by atoms with Crippen molar-refractivity contribution in [3.63, 3.8) is 0 Å². The van der Waals surface area contributed by atoms with E-state index in [-0.39, 0.29) is 11.7 Å². The summed E-state index contributed by atoms with van der Waals surface area (Å²) in [5, 5.41) is 4.40. The molecular formula is C12H20ClN3O. The highest BCUT2D eigenvalue weighted by Gasteiger charge is 2.32. The number of alkyl halides is 1. The van der Waals surface area contributed by atoms with Crippen LogP contribution in [0.5, 0.6) is 0 Å². The van der Waals surface area contributed by atoms with Crippen molar-refractivity contribution in [1.82, 2.24) is 14.7 Å². The van der Waals surface area contributed by atoms with Gasteiger partial charge in [0, 0.05) is 38.8 Å². The van der Waals surface area contributed by atoms with Crippen LogP contribution in [0.3, 0.4) is 0 Å². The van der Waals surface area contributed by atoms with Crippen molar-refractivity contribution in [3.05, 3.63) is 18.0 Å². The average molecular weight is 258 g/mol. The summed E-state index contributed by atoms with van der Waals surface area (Å²) >= 11 is 5.91. The zero-order valence-corrected chi connectivity index (χ0v) is 11.4. The van der Waals surface area contributed by atoms with Gasteiger partial charge in [0.1, 0.15) is 0 Å². The molecule has 0 spiro atoms. The predicted octanol–water partition coefficient (Wildman–Crippen LogP) is 1.64. The van der Waals surface area contributed by atoms with Gasteiger partial charge < -0.3 is 4.74 Å². The van der Waals surface area contributed by atoms with Crippen LogP contribution in [-0.2, 0) is 18.3 Å². The van der Waals surface area contributed by atoms with Crippen molar-refractivity contribution in [2.45, 2.75) is 32.1 Å². The number of ether oxygens (including phenoxy) is 1. The maximum atomic E-state index is 5.91. The minimum Gasteiger partial charge on any atom is -0.368 e. The Bertz CT molecular complexity index is 378. The highest BCUT2D eigenvalue weighted by atomic mass is 35.5. The van der Waals surface area contributed by atoms with Gasteiger partial charge >= 0.3 is 0 Å². The summed E-state index contributed by atoms with van der Waals surface area (Å²) in [7, 11) is 1.94. The molecule has 0 N–H and O–H groups in total. The van der Waals surface area contributed by atoms with E-state index in [2.05, 4.69) is 29.9 Å². The number of halogens is 1. The van der Waals surface area contributed by atoms with Crippen LogP contribution in [-0.4, -0.2) is 45.4 Å². The number of rotatable bonds is 3. The Balaban J connectivity index is 2.00. The van der Waals surface area contributed by atoms with Crippen molar-refractivity contribution in [2.75, 3.05) is 19.0 Å². The van der Waals surface area contributed by atoms with Crippen LogP contribution in [0.4, 0.5) is 0 Å². The SMILES string of the molecule is Cn1ccc(CN2CC(CCl)OC(C)(C)C2)n1. The molecule has 4 nitrogen and oxygen atoms in total. The largest absolute Gasteiger partial charge is 0.368 e.